The van der Waals surface area contributed by atoms with Crippen LogP contribution in [0.1, 0.15) is 30.2 Å². The van der Waals surface area contributed by atoms with Crippen molar-refractivity contribution >= 4 is 28.6 Å². The number of carbonyl (C=O) groups excluding carboxylic acids is 1. The van der Waals surface area contributed by atoms with Gasteiger partial charge in [-0.2, -0.15) is 8.78 Å². The van der Waals surface area contributed by atoms with Crippen molar-refractivity contribution in [2.75, 3.05) is 7.11 Å². The summed E-state index contributed by atoms with van der Waals surface area (Å²) in [4.78, 5) is 25.1. The Morgan fingerprint density at radius 3 is 2.46 bits per heavy atom. The van der Waals surface area contributed by atoms with Crippen molar-refractivity contribution in [3.63, 3.8) is 0 Å². The molecule has 3 rings (SSSR count). The Morgan fingerprint density at radius 1 is 1.14 bits per heavy atom. The zero-order chi connectivity index (χ0) is 20.6. The third-order valence-corrected chi connectivity index (χ3v) is 4.50. The summed E-state index contributed by atoms with van der Waals surface area (Å²) in [6, 6.07) is 8.52. The highest BCUT2D eigenvalue weighted by Gasteiger charge is 2.21. The van der Waals surface area contributed by atoms with Crippen LogP contribution >= 0.6 is 11.6 Å². The second-order valence-electron chi connectivity index (χ2n) is 6.27. The molecule has 0 aliphatic rings. The number of fused-ring (bicyclic) bond motifs is 1. The van der Waals surface area contributed by atoms with E-state index in [1.165, 1.54) is 46.6 Å². The quantitative estimate of drug-likeness (QED) is 0.584. The number of carbonyl (C=O) groups is 1. The Kier molecular flexibility index (Phi) is 5.42. The van der Waals surface area contributed by atoms with E-state index in [0.717, 1.165) is 0 Å². The highest BCUT2D eigenvalue weighted by Crippen LogP contribution is 2.29. The number of halogens is 3. The summed E-state index contributed by atoms with van der Waals surface area (Å²) >= 11 is 6.23. The molecular weight excluding hydrogens is 394 g/mol. The summed E-state index contributed by atoms with van der Waals surface area (Å²) < 4.78 is 37.1. The first kappa shape index (κ1) is 19.9. The first-order valence-electron chi connectivity index (χ1n) is 8.34. The van der Waals surface area contributed by atoms with Gasteiger partial charge in [-0.3, -0.25) is 9.13 Å². The van der Waals surface area contributed by atoms with E-state index in [4.69, 9.17) is 16.3 Å². The van der Waals surface area contributed by atoms with Crippen molar-refractivity contribution in [1.82, 2.24) is 9.13 Å². The maximum absolute atomic E-state index is 13.1. The Balaban J connectivity index is 2.32. The van der Waals surface area contributed by atoms with Crippen LogP contribution in [0.5, 0.6) is 5.75 Å². The van der Waals surface area contributed by atoms with Gasteiger partial charge >= 0.3 is 18.3 Å². The molecule has 148 valence electrons. The topological polar surface area (TPSA) is 62.5 Å². The molecule has 0 aliphatic carbocycles. The summed E-state index contributed by atoms with van der Waals surface area (Å²) in [7, 11) is 1.23. The smallest absolute Gasteiger partial charge is 0.387 e. The second kappa shape index (κ2) is 7.63. The molecule has 0 unspecified atom stereocenters. The maximum Gasteiger partial charge on any atom is 0.387 e. The van der Waals surface area contributed by atoms with E-state index in [9.17, 15) is 18.4 Å². The van der Waals surface area contributed by atoms with Crippen molar-refractivity contribution in [2.45, 2.75) is 26.5 Å². The fraction of sp³-hybridized carbons (Fsp3) is 0.263. The predicted octanol–water partition coefficient (Wildman–Crippen LogP) is 4.41. The molecule has 0 bridgehead atoms. The van der Waals surface area contributed by atoms with E-state index >= 15 is 0 Å². The summed E-state index contributed by atoms with van der Waals surface area (Å²) in [6.45, 7) is 0.642. The van der Waals surface area contributed by atoms with Gasteiger partial charge in [-0.25, -0.2) is 9.59 Å². The number of hydrogen-bond donors (Lipinski definition) is 0. The number of benzene rings is 2. The number of rotatable bonds is 5. The van der Waals surface area contributed by atoms with Gasteiger partial charge in [-0.1, -0.05) is 17.7 Å². The Bertz CT molecular complexity index is 1110. The van der Waals surface area contributed by atoms with E-state index in [1.807, 2.05) is 13.8 Å². The fourth-order valence-corrected chi connectivity index (χ4v) is 3.29. The minimum atomic E-state index is -2.99. The highest BCUT2D eigenvalue weighted by molar-refractivity contribution is 6.34. The number of nitrogens with zero attached hydrogens (tertiary/aromatic N) is 2. The number of aromatic nitrogens is 2. The fourth-order valence-electron chi connectivity index (χ4n) is 3.05. The lowest BCUT2D eigenvalue weighted by atomic mass is 10.2. The molecule has 0 atom stereocenters. The van der Waals surface area contributed by atoms with Crippen LogP contribution < -0.4 is 10.4 Å². The molecule has 0 aliphatic heterocycles. The molecule has 0 N–H and O–H groups in total. The van der Waals surface area contributed by atoms with Crippen molar-refractivity contribution in [1.29, 1.82) is 0 Å². The molecule has 0 fully saturated rings. The summed E-state index contributed by atoms with van der Waals surface area (Å²) in [5, 5.41) is 0.106. The average Bonchev–Trinajstić information content (AvgIpc) is 2.91. The zero-order valence-electron chi connectivity index (χ0n) is 15.3. The number of ether oxygens (including phenoxy) is 2. The normalized spacial score (nSPS) is 11.4. The average molecular weight is 411 g/mol. The lowest BCUT2D eigenvalue weighted by molar-refractivity contribution is -0.0498. The monoisotopic (exact) mass is 410 g/mol. The van der Waals surface area contributed by atoms with Gasteiger partial charge in [-0.15, -0.1) is 0 Å². The van der Waals surface area contributed by atoms with Crippen LogP contribution in [0.15, 0.2) is 41.2 Å². The molecular formula is C19H17ClF2N2O4. The van der Waals surface area contributed by atoms with E-state index in [-0.39, 0.29) is 22.4 Å². The summed E-state index contributed by atoms with van der Waals surface area (Å²) in [6.07, 6.45) is 0. The van der Waals surface area contributed by atoms with Crippen molar-refractivity contribution in [3.05, 3.63) is 57.5 Å². The predicted molar refractivity (Wildman–Crippen MR) is 101 cm³/mol. The molecule has 6 nitrogen and oxygen atoms in total. The van der Waals surface area contributed by atoms with E-state index in [0.29, 0.717) is 16.7 Å². The zero-order valence-corrected chi connectivity index (χ0v) is 16.0. The van der Waals surface area contributed by atoms with Crippen LogP contribution in [0.2, 0.25) is 5.02 Å². The first-order valence-corrected chi connectivity index (χ1v) is 8.72. The van der Waals surface area contributed by atoms with Gasteiger partial charge in [0.15, 0.2) is 0 Å². The molecule has 0 saturated heterocycles. The number of alkyl halides is 2. The SMILES string of the molecule is COC(=O)c1cc2c(cc1Cl)n(-c1cccc(OC(F)F)c1)c(=O)n2C(C)C. The van der Waals surface area contributed by atoms with Gasteiger partial charge in [0, 0.05) is 12.1 Å². The van der Waals surface area contributed by atoms with Gasteiger partial charge in [0.2, 0.25) is 0 Å². The molecule has 0 radical (unpaired) electrons. The minimum Gasteiger partial charge on any atom is -0.465 e. The molecule has 0 amide bonds. The molecule has 3 aromatic rings. The van der Waals surface area contributed by atoms with Crippen LogP contribution in [-0.2, 0) is 4.74 Å². The van der Waals surface area contributed by atoms with Crippen molar-refractivity contribution in [2.24, 2.45) is 0 Å². The van der Waals surface area contributed by atoms with Gasteiger partial charge in [0.05, 0.1) is 34.4 Å². The molecule has 28 heavy (non-hydrogen) atoms. The maximum atomic E-state index is 13.1. The van der Waals surface area contributed by atoms with Crippen LogP contribution in [0.25, 0.3) is 16.7 Å². The molecule has 1 heterocycles. The number of methoxy groups -OCH3 is 1. The Labute approximate surface area is 163 Å². The minimum absolute atomic E-state index is 0.0814. The molecule has 9 heteroatoms. The van der Waals surface area contributed by atoms with Gasteiger partial charge in [0.25, 0.3) is 0 Å². The summed E-state index contributed by atoms with van der Waals surface area (Å²) in [5.74, 6) is -0.711. The lowest BCUT2D eigenvalue weighted by Gasteiger charge is -2.08. The number of imidazole rings is 1. The van der Waals surface area contributed by atoms with Crippen LogP contribution in [-0.4, -0.2) is 28.8 Å². The summed E-state index contributed by atoms with van der Waals surface area (Å²) in [5.41, 5.74) is 0.931. The van der Waals surface area contributed by atoms with E-state index < -0.39 is 18.3 Å². The number of esters is 1. The second-order valence-corrected chi connectivity index (χ2v) is 6.68. The Morgan fingerprint density at radius 2 is 1.86 bits per heavy atom. The van der Waals surface area contributed by atoms with Crippen LogP contribution in [0.4, 0.5) is 8.78 Å². The third-order valence-electron chi connectivity index (χ3n) is 4.18. The molecule has 2 aromatic carbocycles. The van der Waals surface area contributed by atoms with Crippen LogP contribution in [0, 0.1) is 0 Å². The van der Waals surface area contributed by atoms with Crippen molar-refractivity contribution in [3.8, 4) is 11.4 Å². The Hall–Kier alpha value is -2.87. The largest absolute Gasteiger partial charge is 0.465 e. The highest BCUT2D eigenvalue weighted by atomic mass is 35.5. The van der Waals surface area contributed by atoms with Crippen LogP contribution in [0.3, 0.4) is 0 Å². The molecule has 0 spiro atoms. The van der Waals surface area contributed by atoms with E-state index in [1.54, 1.807) is 6.07 Å². The molecule has 1 aromatic heterocycles. The number of hydrogen-bond acceptors (Lipinski definition) is 4. The van der Waals surface area contributed by atoms with E-state index in [2.05, 4.69) is 4.74 Å². The van der Waals surface area contributed by atoms with Gasteiger partial charge in [0.1, 0.15) is 5.75 Å². The lowest BCUT2D eigenvalue weighted by Crippen LogP contribution is -2.24. The van der Waals surface area contributed by atoms with Gasteiger partial charge < -0.3 is 9.47 Å². The van der Waals surface area contributed by atoms with Crippen molar-refractivity contribution < 1.29 is 23.0 Å². The standard InChI is InChI=1S/C19H17ClF2N2O4/c1-10(2)23-15-8-13(17(25)27-3)14(20)9-16(15)24(19(23)26)11-5-4-6-12(7-11)28-18(21)22/h4-10,18H,1-3H3. The first-order chi connectivity index (χ1) is 13.2. The molecule has 0 saturated carbocycles. The third kappa shape index (κ3) is 3.47. The van der Waals surface area contributed by atoms with Gasteiger partial charge in [-0.05, 0) is 38.1 Å².